The highest BCUT2D eigenvalue weighted by molar-refractivity contribution is 7.80. The number of rotatable bonds is 3. The zero-order chi connectivity index (χ0) is 16.5. The van der Waals surface area contributed by atoms with Gasteiger partial charge in [0.25, 0.3) is 0 Å². The van der Waals surface area contributed by atoms with E-state index < -0.39 is 0 Å². The summed E-state index contributed by atoms with van der Waals surface area (Å²) in [5.41, 5.74) is 2.02. The summed E-state index contributed by atoms with van der Waals surface area (Å²) in [6.07, 6.45) is 4.78. The minimum Gasteiger partial charge on any atom is -0.358 e. The van der Waals surface area contributed by atoms with Gasteiger partial charge in [-0.05, 0) is 43.5 Å². The summed E-state index contributed by atoms with van der Waals surface area (Å²) in [4.78, 5) is 13.1. The Morgan fingerprint density at radius 2 is 2.04 bits per heavy atom. The zero-order valence-corrected chi connectivity index (χ0v) is 13.7. The van der Waals surface area contributed by atoms with Crippen molar-refractivity contribution in [2.75, 3.05) is 11.9 Å². The molecule has 4 rings (SSSR count). The van der Waals surface area contributed by atoms with E-state index in [1.54, 1.807) is 18.5 Å². The lowest BCUT2D eigenvalue weighted by molar-refractivity contribution is -0.0298. The van der Waals surface area contributed by atoms with Gasteiger partial charge < -0.3 is 10.1 Å². The maximum absolute atomic E-state index is 13.1. The van der Waals surface area contributed by atoms with Crippen LogP contribution in [0.2, 0.25) is 0 Å². The van der Waals surface area contributed by atoms with Crippen LogP contribution in [-0.4, -0.2) is 26.1 Å². The Bertz CT molecular complexity index is 861. The van der Waals surface area contributed by atoms with Crippen LogP contribution in [0.5, 0.6) is 0 Å². The molecule has 1 unspecified atom stereocenters. The Hall–Kier alpha value is -2.19. The van der Waals surface area contributed by atoms with Crippen molar-refractivity contribution >= 4 is 35.3 Å². The SMILES string of the molecule is Fc1ccc(Nc2nc(S)nc3c2ncn3C2CCCCO2)cc1. The highest BCUT2D eigenvalue weighted by Gasteiger charge is 2.21. The third kappa shape index (κ3) is 2.94. The molecule has 124 valence electrons. The van der Waals surface area contributed by atoms with E-state index in [1.807, 2.05) is 4.57 Å². The van der Waals surface area contributed by atoms with Gasteiger partial charge >= 0.3 is 0 Å². The molecule has 6 nitrogen and oxygen atoms in total. The molecule has 0 aliphatic carbocycles. The lowest BCUT2D eigenvalue weighted by Gasteiger charge is -2.23. The average molecular weight is 345 g/mol. The Kier molecular flexibility index (Phi) is 4.07. The highest BCUT2D eigenvalue weighted by Crippen LogP contribution is 2.29. The number of anilines is 2. The van der Waals surface area contributed by atoms with Crippen molar-refractivity contribution in [2.24, 2.45) is 0 Å². The number of halogens is 1. The number of thiol groups is 1. The number of ether oxygens (including phenoxy) is 1. The number of imidazole rings is 1. The Morgan fingerprint density at radius 1 is 1.21 bits per heavy atom. The first-order chi connectivity index (χ1) is 11.7. The van der Waals surface area contributed by atoms with Gasteiger partial charge in [0.15, 0.2) is 22.1 Å². The largest absolute Gasteiger partial charge is 0.358 e. The predicted octanol–water partition coefficient (Wildman–Crippen LogP) is 3.70. The molecule has 1 N–H and O–H groups in total. The Balaban J connectivity index is 1.73. The van der Waals surface area contributed by atoms with Gasteiger partial charge in [-0.15, -0.1) is 12.6 Å². The minimum atomic E-state index is -0.290. The molecule has 0 bridgehead atoms. The molecule has 1 aliphatic heterocycles. The number of hydrogen-bond acceptors (Lipinski definition) is 6. The van der Waals surface area contributed by atoms with Crippen molar-refractivity contribution in [3.05, 3.63) is 36.4 Å². The van der Waals surface area contributed by atoms with E-state index in [0.29, 0.717) is 27.8 Å². The van der Waals surface area contributed by atoms with Crippen LogP contribution in [0.3, 0.4) is 0 Å². The molecule has 3 aromatic rings. The van der Waals surface area contributed by atoms with Crippen molar-refractivity contribution in [3.8, 4) is 0 Å². The van der Waals surface area contributed by atoms with Crippen molar-refractivity contribution in [1.29, 1.82) is 0 Å². The summed E-state index contributed by atoms with van der Waals surface area (Å²) in [6.45, 7) is 0.740. The molecule has 1 atom stereocenters. The molecule has 0 amide bonds. The van der Waals surface area contributed by atoms with Gasteiger partial charge in [-0.2, -0.15) is 0 Å². The van der Waals surface area contributed by atoms with Crippen LogP contribution >= 0.6 is 12.6 Å². The average Bonchev–Trinajstić information content (AvgIpc) is 3.01. The Labute approximate surface area is 143 Å². The van der Waals surface area contributed by atoms with Crippen molar-refractivity contribution in [1.82, 2.24) is 19.5 Å². The first-order valence-electron chi connectivity index (χ1n) is 7.78. The van der Waals surface area contributed by atoms with Crippen LogP contribution in [0.4, 0.5) is 15.9 Å². The van der Waals surface area contributed by atoms with E-state index in [1.165, 1.54) is 12.1 Å². The van der Waals surface area contributed by atoms with Crippen LogP contribution in [0, 0.1) is 5.82 Å². The number of fused-ring (bicyclic) bond motifs is 1. The lowest BCUT2D eigenvalue weighted by atomic mass is 10.2. The number of nitrogens with one attached hydrogen (secondary N) is 1. The van der Waals surface area contributed by atoms with Crippen LogP contribution in [-0.2, 0) is 4.74 Å². The second-order valence-electron chi connectivity index (χ2n) is 5.65. The van der Waals surface area contributed by atoms with Gasteiger partial charge in [-0.1, -0.05) is 0 Å². The van der Waals surface area contributed by atoms with Crippen molar-refractivity contribution in [2.45, 2.75) is 30.6 Å². The standard InChI is InChI=1S/C16H16FN5OS/c17-10-4-6-11(7-5-10)19-14-13-15(21-16(24)20-14)22(9-18-13)12-3-1-2-8-23-12/h4-7,9,12H,1-3,8H2,(H2,19,20,21,24). The van der Waals surface area contributed by atoms with E-state index in [2.05, 4.69) is 32.9 Å². The molecular formula is C16H16FN5OS. The highest BCUT2D eigenvalue weighted by atomic mass is 32.1. The number of aromatic nitrogens is 4. The molecule has 3 heterocycles. The summed E-state index contributed by atoms with van der Waals surface area (Å²) in [5, 5.41) is 3.49. The van der Waals surface area contributed by atoms with Gasteiger partial charge in [-0.3, -0.25) is 4.57 Å². The van der Waals surface area contributed by atoms with E-state index in [9.17, 15) is 4.39 Å². The fourth-order valence-electron chi connectivity index (χ4n) is 2.82. The Morgan fingerprint density at radius 3 is 2.79 bits per heavy atom. The number of benzene rings is 1. The second-order valence-corrected chi connectivity index (χ2v) is 6.05. The molecule has 0 spiro atoms. The third-order valence-corrected chi connectivity index (χ3v) is 4.18. The van der Waals surface area contributed by atoms with Gasteiger partial charge in [0.1, 0.15) is 12.0 Å². The molecule has 1 saturated heterocycles. The molecule has 0 saturated carbocycles. The first-order valence-corrected chi connectivity index (χ1v) is 8.23. The van der Waals surface area contributed by atoms with Crippen LogP contribution < -0.4 is 5.32 Å². The summed E-state index contributed by atoms with van der Waals surface area (Å²) < 4.78 is 20.8. The summed E-state index contributed by atoms with van der Waals surface area (Å²) >= 11 is 4.29. The second kappa shape index (κ2) is 6.37. The minimum absolute atomic E-state index is 0.0648. The molecule has 1 aromatic carbocycles. The summed E-state index contributed by atoms with van der Waals surface area (Å²) in [7, 11) is 0. The van der Waals surface area contributed by atoms with Gasteiger partial charge in [0, 0.05) is 12.3 Å². The number of hydrogen-bond donors (Lipinski definition) is 2. The van der Waals surface area contributed by atoms with Gasteiger partial charge in [0.05, 0.1) is 6.33 Å². The summed E-state index contributed by atoms with van der Waals surface area (Å²) in [6, 6.07) is 6.05. The van der Waals surface area contributed by atoms with E-state index in [0.717, 1.165) is 25.9 Å². The lowest BCUT2D eigenvalue weighted by Crippen LogP contribution is -2.17. The molecule has 2 aromatic heterocycles. The van der Waals surface area contributed by atoms with Crippen molar-refractivity contribution in [3.63, 3.8) is 0 Å². The first kappa shape index (κ1) is 15.3. The molecule has 8 heteroatoms. The third-order valence-electron chi connectivity index (χ3n) is 3.98. The smallest absolute Gasteiger partial charge is 0.188 e. The molecule has 1 aliphatic rings. The van der Waals surface area contributed by atoms with Gasteiger partial charge in [0.2, 0.25) is 0 Å². The van der Waals surface area contributed by atoms with E-state index >= 15 is 0 Å². The fraction of sp³-hybridized carbons (Fsp3) is 0.312. The summed E-state index contributed by atoms with van der Waals surface area (Å²) in [5.74, 6) is 0.244. The topological polar surface area (TPSA) is 64.9 Å². The van der Waals surface area contributed by atoms with Crippen LogP contribution in [0.25, 0.3) is 11.2 Å². The van der Waals surface area contributed by atoms with Crippen molar-refractivity contribution < 1.29 is 9.13 Å². The quantitative estimate of drug-likeness (QED) is 0.560. The molecule has 1 fully saturated rings. The fourth-order valence-corrected chi connectivity index (χ4v) is 3.01. The number of nitrogens with zero attached hydrogens (tertiary/aromatic N) is 4. The van der Waals surface area contributed by atoms with E-state index in [-0.39, 0.29) is 12.0 Å². The predicted molar refractivity (Wildman–Crippen MR) is 91.1 cm³/mol. The van der Waals surface area contributed by atoms with Crippen LogP contribution in [0.15, 0.2) is 35.7 Å². The van der Waals surface area contributed by atoms with E-state index in [4.69, 9.17) is 4.74 Å². The van der Waals surface area contributed by atoms with Gasteiger partial charge in [-0.25, -0.2) is 19.3 Å². The zero-order valence-electron chi connectivity index (χ0n) is 12.8. The van der Waals surface area contributed by atoms with Crippen LogP contribution in [0.1, 0.15) is 25.5 Å². The normalized spacial score (nSPS) is 18.0. The maximum Gasteiger partial charge on any atom is 0.188 e. The molecule has 24 heavy (non-hydrogen) atoms. The maximum atomic E-state index is 13.1. The molecule has 0 radical (unpaired) electrons. The monoisotopic (exact) mass is 345 g/mol. The molecular weight excluding hydrogens is 329 g/mol.